The van der Waals surface area contributed by atoms with Crippen molar-refractivity contribution in [2.24, 2.45) is 22.9 Å². The van der Waals surface area contributed by atoms with Crippen LogP contribution in [0.1, 0.15) is 94.7 Å². The lowest BCUT2D eigenvalue weighted by atomic mass is 9.77. The number of aliphatic hydroxyl groups excluding tert-OH is 1. The molecule has 2 heterocycles. The fourth-order valence-corrected chi connectivity index (χ4v) is 7.22. The fourth-order valence-electron chi connectivity index (χ4n) is 7.22. The topological polar surface area (TPSA) is 78.3 Å². The molecule has 1 N–H and O–H groups in total. The van der Waals surface area contributed by atoms with E-state index in [0.717, 1.165) is 75.0 Å². The first kappa shape index (κ1) is 30.5. The van der Waals surface area contributed by atoms with Crippen molar-refractivity contribution in [3.63, 3.8) is 0 Å². The number of hydrogen-bond donors (Lipinski definition) is 1. The molecular formula is C35H50N4O3. The van der Waals surface area contributed by atoms with E-state index < -0.39 is 0 Å². The molecule has 0 saturated heterocycles. The highest BCUT2D eigenvalue weighted by Crippen LogP contribution is 2.39. The second kappa shape index (κ2) is 13.2. The van der Waals surface area contributed by atoms with Crippen molar-refractivity contribution in [3.05, 3.63) is 53.2 Å². The lowest BCUT2D eigenvalue weighted by molar-refractivity contribution is -0.124. The molecule has 0 radical (unpaired) electrons. The molecule has 2 aromatic rings. The minimum absolute atomic E-state index is 0.00284. The number of benzene rings is 1. The van der Waals surface area contributed by atoms with E-state index in [1.807, 2.05) is 11.1 Å². The Balaban J connectivity index is 1.33. The van der Waals surface area contributed by atoms with Crippen LogP contribution in [-0.2, 0) is 10.2 Å². The average molecular weight is 575 g/mol. The van der Waals surface area contributed by atoms with Crippen molar-refractivity contribution in [2.75, 3.05) is 31.7 Å². The minimum atomic E-state index is -0.218. The zero-order valence-corrected chi connectivity index (χ0v) is 26.3. The molecule has 1 aromatic carbocycles. The molecule has 1 unspecified atom stereocenters. The number of hydrogen-bond acceptors (Lipinski definition) is 6. The van der Waals surface area contributed by atoms with Gasteiger partial charge in [-0.05, 0) is 132 Å². The number of aliphatic hydroxyl groups is 1. The molecule has 0 spiro atoms. The lowest BCUT2D eigenvalue weighted by Gasteiger charge is -2.36. The van der Waals surface area contributed by atoms with E-state index in [2.05, 4.69) is 74.4 Å². The summed E-state index contributed by atoms with van der Waals surface area (Å²) in [5, 5.41) is 16.5. The first-order chi connectivity index (χ1) is 20.2. The molecule has 1 aromatic heterocycles. The summed E-state index contributed by atoms with van der Waals surface area (Å²) >= 11 is 0. The number of carbonyl (C=O) groups excluding carboxylic acids is 1. The molecule has 42 heavy (non-hydrogen) atoms. The summed E-state index contributed by atoms with van der Waals surface area (Å²) in [4.78, 5) is 21.0. The third kappa shape index (κ3) is 6.66. The summed E-state index contributed by atoms with van der Waals surface area (Å²) in [6, 6.07) is 11.2. The van der Waals surface area contributed by atoms with Gasteiger partial charge >= 0.3 is 0 Å². The van der Waals surface area contributed by atoms with Gasteiger partial charge < -0.3 is 9.84 Å². The number of nitrogens with zero attached hydrogens (tertiary/aromatic N) is 4. The van der Waals surface area contributed by atoms with Crippen LogP contribution >= 0.6 is 0 Å². The first-order valence-electron chi connectivity index (χ1n) is 16.1. The normalized spacial score (nSPS) is 27.8. The van der Waals surface area contributed by atoms with E-state index >= 15 is 0 Å². The monoisotopic (exact) mass is 574 g/mol. The van der Waals surface area contributed by atoms with Gasteiger partial charge in [0.15, 0.2) is 0 Å². The maximum atomic E-state index is 14.2. The average Bonchev–Trinajstić information content (AvgIpc) is 3.43. The van der Waals surface area contributed by atoms with Gasteiger partial charge in [0, 0.05) is 42.9 Å². The number of amides is 1. The van der Waals surface area contributed by atoms with E-state index in [1.54, 1.807) is 7.11 Å². The summed E-state index contributed by atoms with van der Waals surface area (Å²) in [6.07, 6.45) is 11.9. The molecule has 1 amide bonds. The highest BCUT2D eigenvalue weighted by molar-refractivity contribution is 5.94. The summed E-state index contributed by atoms with van der Waals surface area (Å²) in [7, 11) is 1.73. The molecule has 5 rings (SSSR count). The number of aromatic nitrogens is 1. The molecule has 1 atom stereocenters. The molecule has 7 heteroatoms. The maximum Gasteiger partial charge on any atom is 0.231 e. The molecule has 2 aliphatic carbocycles. The van der Waals surface area contributed by atoms with Gasteiger partial charge in [0.1, 0.15) is 11.6 Å². The lowest BCUT2D eigenvalue weighted by Crippen LogP contribution is -2.42. The molecule has 3 aliphatic rings. The number of ether oxygens (including phenoxy) is 1. The molecule has 2 fully saturated rings. The van der Waals surface area contributed by atoms with Crippen LogP contribution in [0.5, 0.6) is 5.75 Å². The SMILES string of the molecule is COc1ccc(C2CCC(CN(C(=O)C3CCC(CO)CC3)c3cc(C4(C)C=NN(C(C)C)C4)ccn3)CC2)cc1C. The van der Waals surface area contributed by atoms with Crippen molar-refractivity contribution in [2.45, 2.75) is 96.4 Å². The largest absolute Gasteiger partial charge is 0.496 e. The van der Waals surface area contributed by atoms with Crippen molar-refractivity contribution in [1.29, 1.82) is 0 Å². The zero-order chi connectivity index (χ0) is 29.9. The molecule has 7 nitrogen and oxygen atoms in total. The van der Waals surface area contributed by atoms with Gasteiger partial charge in [-0.3, -0.25) is 14.7 Å². The number of pyridine rings is 1. The molecular weight excluding hydrogens is 524 g/mol. The summed E-state index contributed by atoms with van der Waals surface area (Å²) in [5.74, 6) is 3.24. The number of anilines is 1. The van der Waals surface area contributed by atoms with Gasteiger partial charge in [-0.25, -0.2) is 4.98 Å². The third-order valence-corrected chi connectivity index (χ3v) is 10.2. The van der Waals surface area contributed by atoms with Crippen LogP contribution in [0.15, 0.2) is 41.6 Å². The van der Waals surface area contributed by atoms with Crippen LogP contribution in [0.4, 0.5) is 5.82 Å². The van der Waals surface area contributed by atoms with Gasteiger partial charge in [-0.15, -0.1) is 0 Å². The Labute approximate surface area is 252 Å². The van der Waals surface area contributed by atoms with Crippen LogP contribution < -0.4 is 9.64 Å². The Bertz CT molecular complexity index is 1250. The van der Waals surface area contributed by atoms with Gasteiger partial charge in [-0.1, -0.05) is 12.1 Å². The number of carbonyl (C=O) groups is 1. The molecule has 1 aliphatic heterocycles. The predicted octanol–water partition coefficient (Wildman–Crippen LogP) is 6.47. The van der Waals surface area contributed by atoms with E-state index in [1.165, 1.54) is 11.1 Å². The number of hydrazone groups is 1. The van der Waals surface area contributed by atoms with Crippen molar-refractivity contribution >= 4 is 17.9 Å². The van der Waals surface area contributed by atoms with Crippen molar-refractivity contribution < 1.29 is 14.6 Å². The Morgan fingerprint density at radius 1 is 1.07 bits per heavy atom. The second-order valence-corrected chi connectivity index (χ2v) is 13.6. The number of aryl methyl sites for hydroxylation is 1. The molecule has 228 valence electrons. The van der Waals surface area contributed by atoms with Gasteiger partial charge in [-0.2, -0.15) is 5.10 Å². The smallest absolute Gasteiger partial charge is 0.231 e. The quantitative estimate of drug-likeness (QED) is 0.371. The first-order valence-corrected chi connectivity index (χ1v) is 16.1. The highest BCUT2D eigenvalue weighted by atomic mass is 16.5. The Hall–Kier alpha value is -2.93. The molecule has 2 saturated carbocycles. The summed E-state index contributed by atoms with van der Waals surface area (Å²) < 4.78 is 5.47. The van der Waals surface area contributed by atoms with Crippen molar-refractivity contribution in [1.82, 2.24) is 9.99 Å². The molecule has 0 bridgehead atoms. The second-order valence-electron chi connectivity index (χ2n) is 13.6. The zero-order valence-electron chi connectivity index (χ0n) is 26.3. The van der Waals surface area contributed by atoms with Crippen LogP contribution in [0.3, 0.4) is 0 Å². The van der Waals surface area contributed by atoms with Crippen LogP contribution in [0.2, 0.25) is 0 Å². The minimum Gasteiger partial charge on any atom is -0.496 e. The van der Waals surface area contributed by atoms with E-state index in [0.29, 0.717) is 30.3 Å². The maximum absolute atomic E-state index is 14.2. The van der Waals surface area contributed by atoms with Crippen molar-refractivity contribution in [3.8, 4) is 5.75 Å². The standard InChI is InChI=1S/C35H50N4O3/c1-24(2)39-23-35(4,22-37-39)31-16-17-36-33(19-31)38(34(41)29-12-8-27(21-40)9-13-29)20-26-6-10-28(11-7-26)30-14-15-32(42-5)25(3)18-30/h14-19,22,24,26-29,40H,6-13,20-21,23H2,1-5H3. The van der Waals surface area contributed by atoms with E-state index in [9.17, 15) is 9.90 Å². The summed E-state index contributed by atoms with van der Waals surface area (Å²) in [5.41, 5.74) is 3.52. The predicted molar refractivity (Wildman–Crippen MR) is 169 cm³/mol. The number of methoxy groups -OCH3 is 1. The highest BCUT2D eigenvalue weighted by Gasteiger charge is 2.36. The Morgan fingerprint density at radius 3 is 2.40 bits per heavy atom. The van der Waals surface area contributed by atoms with Crippen LogP contribution in [-0.4, -0.2) is 60.1 Å². The number of rotatable bonds is 9. The van der Waals surface area contributed by atoms with Gasteiger partial charge in [0.05, 0.1) is 13.7 Å². The summed E-state index contributed by atoms with van der Waals surface area (Å²) in [6.45, 7) is 10.4. The van der Waals surface area contributed by atoms with Gasteiger partial charge in [0.25, 0.3) is 0 Å². The van der Waals surface area contributed by atoms with E-state index in [4.69, 9.17) is 9.72 Å². The van der Waals surface area contributed by atoms with Crippen LogP contribution in [0, 0.1) is 24.7 Å². The third-order valence-electron chi connectivity index (χ3n) is 10.2. The Morgan fingerprint density at radius 2 is 1.79 bits per heavy atom. The van der Waals surface area contributed by atoms with E-state index in [-0.39, 0.29) is 23.8 Å². The Kier molecular flexibility index (Phi) is 9.56. The van der Waals surface area contributed by atoms with Crippen LogP contribution in [0.25, 0.3) is 0 Å². The fraction of sp³-hybridized carbons (Fsp3) is 0.629. The van der Waals surface area contributed by atoms with Gasteiger partial charge in [0.2, 0.25) is 5.91 Å².